The minimum absolute atomic E-state index is 0. The van der Waals surface area contributed by atoms with Crippen molar-refractivity contribution in [1.29, 1.82) is 0 Å². The summed E-state index contributed by atoms with van der Waals surface area (Å²) in [5.74, 6) is 0. The molecule has 0 aliphatic heterocycles. The van der Waals surface area contributed by atoms with Gasteiger partial charge in [-0.25, -0.2) is 0 Å². The van der Waals surface area contributed by atoms with Gasteiger partial charge in [-0.1, -0.05) is 36.4 Å². The molecule has 0 saturated carbocycles. The zero-order valence-corrected chi connectivity index (χ0v) is 11.6. The fourth-order valence-electron chi connectivity index (χ4n) is 1.15. The zero-order chi connectivity index (χ0) is 8.93. The van der Waals surface area contributed by atoms with E-state index in [1.54, 1.807) is 0 Å². The third-order valence-corrected chi connectivity index (χ3v) is 2.88. The Morgan fingerprint density at radius 2 is 0.933 bits per heavy atom. The first-order chi connectivity index (χ1) is 6.45. The van der Waals surface area contributed by atoms with E-state index in [1.807, 2.05) is 12.1 Å². The van der Waals surface area contributed by atoms with Gasteiger partial charge in [-0.15, -0.1) is 0 Å². The molecule has 1 nitrogen and oxygen atoms in total. The molecule has 1 N–H and O–H groups in total. The van der Waals surface area contributed by atoms with E-state index in [0.29, 0.717) is 0 Å². The van der Waals surface area contributed by atoms with Crippen molar-refractivity contribution in [2.45, 2.75) is 9.79 Å². The van der Waals surface area contributed by atoms with Crippen LogP contribution in [0.3, 0.4) is 0 Å². The molecule has 73 valence electrons. The van der Waals surface area contributed by atoms with Gasteiger partial charge < -0.3 is 5.48 Å². The van der Waals surface area contributed by atoms with E-state index in [4.69, 9.17) is 0 Å². The average Bonchev–Trinajstić information content (AvgIpc) is 2.21. The Morgan fingerprint density at radius 1 is 0.600 bits per heavy atom. The molecule has 1 radical (unpaired) electrons. The first-order valence-corrected chi connectivity index (χ1v) is 5.16. The molecule has 15 heavy (non-hydrogen) atoms. The van der Waals surface area contributed by atoms with Crippen LogP contribution in [0.1, 0.15) is 0 Å². The van der Waals surface area contributed by atoms with Crippen LogP contribution >= 0.6 is 0 Å². The second-order valence-electron chi connectivity index (χ2n) is 2.78. The number of hydrogen-bond donors (Lipinski definition) is 0. The molecule has 3 heteroatoms. The molecule has 0 unspecified atom stereocenters. The van der Waals surface area contributed by atoms with Gasteiger partial charge in [0.25, 0.3) is 0 Å². The summed E-state index contributed by atoms with van der Waals surface area (Å²) in [6.07, 6.45) is 0. The van der Waals surface area contributed by atoms with Crippen LogP contribution in [0.15, 0.2) is 70.5 Å². The van der Waals surface area contributed by atoms with Crippen LogP contribution in [0.5, 0.6) is 0 Å². The summed E-state index contributed by atoms with van der Waals surface area (Å²) in [5.41, 5.74) is 0. The first-order valence-electron chi connectivity index (χ1n) is 4.27. The molecule has 0 fully saturated rings. The Balaban J connectivity index is 0.000000980. The Morgan fingerprint density at radius 3 is 1.27 bits per heavy atom. The largest absolute Gasteiger partial charge is 0.870 e. The summed E-state index contributed by atoms with van der Waals surface area (Å²) in [4.78, 5) is 2.68. The van der Waals surface area contributed by atoms with E-state index in [2.05, 4.69) is 48.5 Å². The summed E-state index contributed by atoms with van der Waals surface area (Å²) in [5, 5.41) is 0. The second kappa shape index (κ2) is 7.97. The molecule has 0 saturated heterocycles. The fourth-order valence-corrected chi connectivity index (χ4v) is 2.09. The topological polar surface area (TPSA) is 30.0 Å². The maximum absolute atomic E-state index is 2.15. The molecule has 2 aromatic carbocycles. The molecular formula is C12H12NaOS. The number of rotatable bonds is 2. The number of benzene rings is 2. The summed E-state index contributed by atoms with van der Waals surface area (Å²) >= 11 is 1.28. The predicted molar refractivity (Wildman–Crippen MR) is 65.9 cm³/mol. The van der Waals surface area contributed by atoms with E-state index in [0.717, 1.165) is 0 Å². The van der Waals surface area contributed by atoms with Gasteiger partial charge in [0.1, 0.15) is 0 Å². The average molecular weight is 227 g/mol. The monoisotopic (exact) mass is 227 g/mol. The normalized spacial score (nSPS) is 8.53. The van der Waals surface area contributed by atoms with Crippen LogP contribution < -0.4 is 0 Å². The molecule has 0 bridgehead atoms. The van der Waals surface area contributed by atoms with Crippen LogP contribution in [0.4, 0.5) is 0 Å². The molecule has 0 heterocycles. The minimum atomic E-state index is 0. The van der Waals surface area contributed by atoms with Crippen molar-refractivity contribution < 1.29 is 5.48 Å². The number of thiol groups is 1. The molecule has 0 aliphatic rings. The Kier molecular flexibility index (Phi) is 7.83. The molecule has 2 rings (SSSR count). The molecular weight excluding hydrogens is 215 g/mol. The number of hydrogen-bond acceptors (Lipinski definition) is 1. The summed E-state index contributed by atoms with van der Waals surface area (Å²) in [6, 6.07) is 21.0. The van der Waals surface area contributed by atoms with Crippen molar-refractivity contribution in [3.63, 3.8) is 0 Å². The van der Waals surface area contributed by atoms with E-state index in [1.165, 1.54) is 21.6 Å². The third kappa shape index (κ3) is 4.87. The third-order valence-electron chi connectivity index (χ3n) is 1.77. The van der Waals surface area contributed by atoms with Gasteiger partial charge in [-0.3, -0.25) is 0 Å². The van der Waals surface area contributed by atoms with Crippen molar-refractivity contribution >= 4 is 41.3 Å². The van der Waals surface area contributed by atoms with Crippen LogP contribution in [-0.2, 0) is 11.8 Å². The van der Waals surface area contributed by atoms with Crippen molar-refractivity contribution in [2.75, 3.05) is 0 Å². The fraction of sp³-hybridized carbons (Fsp3) is 0. The van der Waals surface area contributed by atoms with Crippen molar-refractivity contribution in [1.82, 2.24) is 0 Å². The molecule has 0 amide bonds. The molecule has 2 aromatic rings. The van der Waals surface area contributed by atoms with Gasteiger partial charge in [-0.05, 0) is 24.3 Å². The molecule has 0 aromatic heterocycles. The second-order valence-corrected chi connectivity index (χ2v) is 4.04. The van der Waals surface area contributed by atoms with Gasteiger partial charge >= 0.3 is 0 Å². The van der Waals surface area contributed by atoms with Crippen molar-refractivity contribution in [3.05, 3.63) is 60.7 Å². The summed E-state index contributed by atoms with van der Waals surface area (Å²) in [7, 11) is 0. The quantitative estimate of drug-likeness (QED) is 0.440. The van der Waals surface area contributed by atoms with Gasteiger partial charge in [-0.2, -0.15) is 0 Å². The van der Waals surface area contributed by atoms with Gasteiger partial charge in [0.05, 0.1) is 0 Å². The smallest absolute Gasteiger partial charge is 0.158 e. The standard InChI is InChI=1S/C12H10S.Na.H2O/c1-3-7-11(8-4-1)13-12-9-5-2-6-10-12;;/h1-10H;;1H2. The van der Waals surface area contributed by atoms with Gasteiger partial charge in [0, 0.05) is 41.3 Å². The van der Waals surface area contributed by atoms with Crippen molar-refractivity contribution in [3.8, 4) is 0 Å². The van der Waals surface area contributed by atoms with E-state index in [-0.39, 0.29) is 35.0 Å². The summed E-state index contributed by atoms with van der Waals surface area (Å²) in [6.45, 7) is 0. The zero-order valence-electron chi connectivity index (χ0n) is 8.67. The molecule has 0 aliphatic carbocycles. The van der Waals surface area contributed by atoms with Crippen LogP contribution in [0.2, 0.25) is 0 Å². The van der Waals surface area contributed by atoms with E-state index < -0.39 is 0 Å². The van der Waals surface area contributed by atoms with Gasteiger partial charge in [0.2, 0.25) is 0 Å². The predicted octanol–water partition coefficient (Wildman–Crippen LogP) is 2.36. The van der Waals surface area contributed by atoms with E-state index in [9.17, 15) is 0 Å². The Hall–Kier alpha value is -0.250. The van der Waals surface area contributed by atoms with Crippen LogP contribution in [-0.4, -0.2) is 35.0 Å². The van der Waals surface area contributed by atoms with Crippen molar-refractivity contribution in [2.24, 2.45) is 0 Å². The maximum atomic E-state index is 2.15. The van der Waals surface area contributed by atoms with Crippen LogP contribution in [0, 0.1) is 0 Å². The van der Waals surface area contributed by atoms with E-state index >= 15 is 0 Å². The maximum Gasteiger partial charge on any atom is 0.158 e. The SMILES string of the molecule is [Na].[OH-].c1ccc([SH+]c2ccccc2)cc1. The first kappa shape index (κ1) is 14.8. The Bertz CT molecular complexity index is 326. The Labute approximate surface area is 117 Å². The summed E-state index contributed by atoms with van der Waals surface area (Å²) < 4.78 is 0. The minimum Gasteiger partial charge on any atom is -0.870 e. The van der Waals surface area contributed by atoms with Crippen LogP contribution in [0.25, 0.3) is 0 Å². The molecule has 0 atom stereocenters. The van der Waals surface area contributed by atoms with Gasteiger partial charge in [0.15, 0.2) is 9.79 Å². The molecule has 0 spiro atoms.